The highest BCUT2D eigenvalue weighted by Gasteiger charge is 2.25. The third-order valence-corrected chi connectivity index (χ3v) is 4.31. The number of fused-ring (bicyclic) bond motifs is 1. The van der Waals surface area contributed by atoms with Gasteiger partial charge in [-0.15, -0.1) is 10.2 Å². The zero-order valence-electron chi connectivity index (χ0n) is 12.6. The lowest BCUT2D eigenvalue weighted by Crippen LogP contribution is -2.33. The van der Waals surface area contributed by atoms with E-state index in [-0.39, 0.29) is 0 Å². The van der Waals surface area contributed by atoms with Crippen LogP contribution in [0, 0.1) is 6.92 Å². The molecule has 1 fully saturated rings. The van der Waals surface area contributed by atoms with E-state index in [0.29, 0.717) is 5.92 Å². The van der Waals surface area contributed by atoms with Gasteiger partial charge in [0.2, 0.25) is 0 Å². The van der Waals surface area contributed by atoms with E-state index in [2.05, 4.69) is 37.3 Å². The van der Waals surface area contributed by atoms with Crippen LogP contribution in [-0.4, -0.2) is 37.9 Å². The smallest absolute Gasteiger partial charge is 0.177 e. The van der Waals surface area contributed by atoms with Crippen LogP contribution >= 0.6 is 0 Å². The number of anilines is 1. The number of rotatable bonds is 2. The number of hydrogen-bond donors (Lipinski definition) is 0. The van der Waals surface area contributed by atoms with Crippen molar-refractivity contribution in [3.8, 4) is 0 Å². The first-order chi connectivity index (χ1) is 10.8. The Morgan fingerprint density at radius 1 is 1.00 bits per heavy atom. The second-order valence-corrected chi connectivity index (χ2v) is 5.77. The van der Waals surface area contributed by atoms with Gasteiger partial charge in [0.15, 0.2) is 11.5 Å². The molecule has 0 N–H and O–H groups in total. The Morgan fingerprint density at radius 3 is 2.55 bits per heavy atom. The molecule has 3 aromatic rings. The number of pyridine rings is 1. The molecule has 4 rings (SSSR count). The molecule has 0 aromatic carbocycles. The molecule has 0 saturated carbocycles. The molecule has 0 spiro atoms. The van der Waals surface area contributed by atoms with Crippen molar-refractivity contribution in [1.82, 2.24) is 24.8 Å². The molecule has 0 aliphatic carbocycles. The van der Waals surface area contributed by atoms with Gasteiger partial charge in [-0.05, 0) is 44.0 Å². The quantitative estimate of drug-likeness (QED) is 0.725. The van der Waals surface area contributed by atoms with Gasteiger partial charge in [-0.2, -0.15) is 9.61 Å². The maximum absolute atomic E-state index is 4.56. The summed E-state index contributed by atoms with van der Waals surface area (Å²) in [6, 6.07) is 8.08. The molecule has 0 bridgehead atoms. The fourth-order valence-corrected chi connectivity index (χ4v) is 3.10. The van der Waals surface area contributed by atoms with Crippen LogP contribution in [0.4, 0.5) is 5.69 Å². The summed E-state index contributed by atoms with van der Waals surface area (Å²) in [4.78, 5) is 6.48. The molecule has 0 radical (unpaired) electrons. The van der Waals surface area contributed by atoms with Gasteiger partial charge < -0.3 is 4.90 Å². The summed E-state index contributed by atoms with van der Waals surface area (Å²) in [6.45, 7) is 4.04. The van der Waals surface area contributed by atoms with E-state index in [0.717, 1.165) is 43.1 Å². The lowest BCUT2D eigenvalue weighted by Gasteiger charge is -2.32. The highest BCUT2D eigenvalue weighted by atomic mass is 15.4. The lowest BCUT2D eigenvalue weighted by molar-refractivity contribution is 0.477. The van der Waals surface area contributed by atoms with Gasteiger partial charge in [-0.25, -0.2) is 0 Å². The number of hydrogen-bond acceptors (Lipinski definition) is 5. The highest BCUT2D eigenvalue weighted by molar-refractivity contribution is 5.45. The second-order valence-electron chi connectivity index (χ2n) is 5.77. The maximum atomic E-state index is 4.56. The van der Waals surface area contributed by atoms with Crippen LogP contribution in [0.1, 0.15) is 30.3 Å². The minimum Gasteiger partial charge on any atom is -0.371 e. The molecular weight excluding hydrogens is 276 g/mol. The van der Waals surface area contributed by atoms with Crippen molar-refractivity contribution >= 4 is 11.3 Å². The summed E-state index contributed by atoms with van der Waals surface area (Å²) in [6.07, 6.45) is 5.83. The van der Waals surface area contributed by atoms with Crippen LogP contribution in [0.2, 0.25) is 0 Å². The summed E-state index contributed by atoms with van der Waals surface area (Å²) >= 11 is 0. The lowest BCUT2D eigenvalue weighted by atomic mass is 9.96. The fraction of sp³-hybridized carbons (Fsp3) is 0.375. The standard InChI is InChI=1S/C16H18N6/c1-12-2-3-15-18-19-16(22(15)20-12)13-6-10-21(11-7-13)14-4-8-17-9-5-14/h2-5,8-9,13H,6-7,10-11H2,1H3. The SMILES string of the molecule is Cc1ccc2nnc(C3CCN(c4ccncc4)CC3)n2n1. The highest BCUT2D eigenvalue weighted by Crippen LogP contribution is 2.29. The molecule has 1 saturated heterocycles. The Kier molecular flexibility index (Phi) is 3.21. The first-order valence-electron chi connectivity index (χ1n) is 7.65. The van der Waals surface area contributed by atoms with Crippen LogP contribution in [0.5, 0.6) is 0 Å². The first kappa shape index (κ1) is 13.2. The van der Waals surface area contributed by atoms with Gasteiger partial charge in [-0.3, -0.25) is 4.98 Å². The third-order valence-electron chi connectivity index (χ3n) is 4.31. The Balaban J connectivity index is 1.54. The largest absolute Gasteiger partial charge is 0.371 e. The van der Waals surface area contributed by atoms with Crippen molar-refractivity contribution in [2.45, 2.75) is 25.7 Å². The number of aryl methyl sites for hydroxylation is 1. The monoisotopic (exact) mass is 294 g/mol. The average molecular weight is 294 g/mol. The van der Waals surface area contributed by atoms with Crippen LogP contribution in [0.3, 0.4) is 0 Å². The molecule has 3 aromatic heterocycles. The van der Waals surface area contributed by atoms with Gasteiger partial charge in [0, 0.05) is 37.1 Å². The molecule has 112 valence electrons. The fourth-order valence-electron chi connectivity index (χ4n) is 3.10. The zero-order chi connectivity index (χ0) is 14.9. The van der Waals surface area contributed by atoms with E-state index in [9.17, 15) is 0 Å². The van der Waals surface area contributed by atoms with E-state index in [1.54, 1.807) is 0 Å². The van der Waals surface area contributed by atoms with Gasteiger partial charge in [0.25, 0.3) is 0 Å². The minimum atomic E-state index is 0.419. The van der Waals surface area contributed by atoms with Crippen molar-refractivity contribution in [3.63, 3.8) is 0 Å². The Hall–Kier alpha value is -2.50. The first-order valence-corrected chi connectivity index (χ1v) is 7.65. The molecule has 0 amide bonds. The van der Waals surface area contributed by atoms with Gasteiger partial charge in [0.1, 0.15) is 0 Å². The van der Waals surface area contributed by atoms with E-state index in [1.807, 2.05) is 36.0 Å². The van der Waals surface area contributed by atoms with E-state index in [4.69, 9.17) is 0 Å². The topological polar surface area (TPSA) is 59.2 Å². The number of aromatic nitrogens is 5. The predicted molar refractivity (Wildman–Crippen MR) is 83.9 cm³/mol. The number of nitrogens with zero attached hydrogens (tertiary/aromatic N) is 6. The molecule has 4 heterocycles. The Morgan fingerprint density at radius 2 is 1.77 bits per heavy atom. The summed E-state index contributed by atoms with van der Waals surface area (Å²) in [7, 11) is 0. The summed E-state index contributed by atoms with van der Waals surface area (Å²) in [5.41, 5.74) is 3.06. The van der Waals surface area contributed by atoms with Crippen LogP contribution in [0.15, 0.2) is 36.7 Å². The van der Waals surface area contributed by atoms with Crippen molar-refractivity contribution in [3.05, 3.63) is 48.2 Å². The molecule has 1 aliphatic heterocycles. The van der Waals surface area contributed by atoms with Crippen molar-refractivity contribution < 1.29 is 0 Å². The van der Waals surface area contributed by atoms with E-state index in [1.165, 1.54) is 5.69 Å². The maximum Gasteiger partial charge on any atom is 0.177 e. The molecule has 1 aliphatic rings. The minimum absolute atomic E-state index is 0.419. The molecular formula is C16H18N6. The van der Waals surface area contributed by atoms with Gasteiger partial charge >= 0.3 is 0 Å². The van der Waals surface area contributed by atoms with Crippen molar-refractivity contribution in [1.29, 1.82) is 0 Å². The molecule has 0 atom stereocenters. The Bertz CT molecular complexity index is 774. The summed E-state index contributed by atoms with van der Waals surface area (Å²) < 4.78 is 1.90. The van der Waals surface area contributed by atoms with Crippen LogP contribution in [0.25, 0.3) is 5.65 Å². The predicted octanol–water partition coefficient (Wildman–Crippen LogP) is 2.21. The average Bonchev–Trinajstić information content (AvgIpc) is 2.99. The van der Waals surface area contributed by atoms with E-state index < -0.39 is 0 Å². The number of piperidine rings is 1. The summed E-state index contributed by atoms with van der Waals surface area (Å²) in [5.74, 6) is 1.41. The normalized spacial score (nSPS) is 16.3. The van der Waals surface area contributed by atoms with Gasteiger partial charge in [-0.1, -0.05) is 0 Å². The molecule has 22 heavy (non-hydrogen) atoms. The van der Waals surface area contributed by atoms with Crippen LogP contribution in [-0.2, 0) is 0 Å². The second kappa shape index (κ2) is 5.36. The van der Waals surface area contributed by atoms with Crippen molar-refractivity contribution in [2.24, 2.45) is 0 Å². The van der Waals surface area contributed by atoms with Crippen LogP contribution < -0.4 is 4.90 Å². The molecule has 6 heteroatoms. The zero-order valence-corrected chi connectivity index (χ0v) is 12.6. The van der Waals surface area contributed by atoms with Crippen molar-refractivity contribution in [2.75, 3.05) is 18.0 Å². The Labute approximate surface area is 128 Å². The summed E-state index contributed by atoms with van der Waals surface area (Å²) in [5, 5.41) is 13.2. The van der Waals surface area contributed by atoms with Gasteiger partial charge in [0.05, 0.1) is 5.69 Å². The van der Waals surface area contributed by atoms with E-state index >= 15 is 0 Å². The molecule has 0 unspecified atom stereocenters. The third kappa shape index (κ3) is 2.30. The molecule has 6 nitrogen and oxygen atoms in total.